The summed E-state index contributed by atoms with van der Waals surface area (Å²) < 4.78 is 16.1. The highest BCUT2D eigenvalue weighted by Gasteiger charge is 2.17. The number of rotatable bonds is 7. The molecule has 1 aromatic rings. The van der Waals surface area contributed by atoms with Crippen LogP contribution in [0.15, 0.2) is 18.2 Å². The Labute approximate surface area is 115 Å². The van der Waals surface area contributed by atoms with E-state index in [1.807, 2.05) is 6.07 Å². The van der Waals surface area contributed by atoms with Crippen molar-refractivity contribution in [3.63, 3.8) is 0 Å². The normalized spacial score (nSPS) is 17.7. The Morgan fingerprint density at radius 2 is 2.05 bits per heavy atom. The quantitative estimate of drug-likeness (QED) is 0.769. The summed E-state index contributed by atoms with van der Waals surface area (Å²) in [6.07, 6.45) is 2.29. The predicted octanol–water partition coefficient (Wildman–Crippen LogP) is 2.48. The number of hydrogen-bond donors (Lipinski definition) is 1. The van der Waals surface area contributed by atoms with E-state index in [9.17, 15) is 0 Å². The van der Waals surface area contributed by atoms with Gasteiger partial charge in [0.15, 0.2) is 0 Å². The summed E-state index contributed by atoms with van der Waals surface area (Å²) >= 11 is 0. The lowest BCUT2D eigenvalue weighted by Crippen LogP contribution is -2.22. The van der Waals surface area contributed by atoms with Crippen LogP contribution >= 0.6 is 0 Å². The lowest BCUT2D eigenvalue weighted by atomic mass is 9.98. The molecule has 0 saturated carbocycles. The fraction of sp³-hybridized carbons (Fsp3) is 0.600. The Morgan fingerprint density at radius 3 is 2.89 bits per heavy atom. The summed E-state index contributed by atoms with van der Waals surface area (Å²) in [7, 11) is 1.67. The number of fused-ring (bicyclic) bond motifs is 1. The average Bonchev–Trinajstić information content (AvgIpc) is 2.43. The van der Waals surface area contributed by atoms with Gasteiger partial charge < -0.3 is 19.5 Å². The molecular formula is C15H23NO3. The van der Waals surface area contributed by atoms with Crippen molar-refractivity contribution in [1.82, 2.24) is 0 Å². The standard InChI is InChI=1S/C15H23NO3/c1-12-6-7-13-4-3-5-14(15(13)16-12)19-11-10-18-9-8-17-2/h3-5,12,16H,6-11H2,1-2H3. The van der Waals surface area contributed by atoms with Gasteiger partial charge in [0.1, 0.15) is 12.4 Å². The summed E-state index contributed by atoms with van der Waals surface area (Å²) in [5, 5.41) is 3.50. The lowest BCUT2D eigenvalue weighted by molar-refractivity contribution is 0.0545. The van der Waals surface area contributed by atoms with E-state index in [4.69, 9.17) is 14.2 Å². The molecule has 0 saturated heterocycles. The van der Waals surface area contributed by atoms with Crippen molar-refractivity contribution in [2.45, 2.75) is 25.8 Å². The Morgan fingerprint density at radius 1 is 1.21 bits per heavy atom. The predicted molar refractivity (Wildman–Crippen MR) is 76.0 cm³/mol. The van der Waals surface area contributed by atoms with E-state index >= 15 is 0 Å². The smallest absolute Gasteiger partial charge is 0.142 e. The molecule has 1 unspecified atom stereocenters. The third-order valence-corrected chi connectivity index (χ3v) is 3.27. The van der Waals surface area contributed by atoms with Gasteiger partial charge in [-0.25, -0.2) is 0 Å². The highest BCUT2D eigenvalue weighted by atomic mass is 16.5. The van der Waals surface area contributed by atoms with Crippen LogP contribution in [0.2, 0.25) is 0 Å². The maximum atomic E-state index is 5.80. The third-order valence-electron chi connectivity index (χ3n) is 3.27. The molecular weight excluding hydrogens is 242 g/mol. The van der Waals surface area contributed by atoms with Gasteiger partial charge in [0.25, 0.3) is 0 Å². The van der Waals surface area contributed by atoms with Crippen molar-refractivity contribution >= 4 is 5.69 Å². The molecule has 1 N–H and O–H groups in total. The van der Waals surface area contributed by atoms with Gasteiger partial charge in [-0.05, 0) is 31.4 Å². The van der Waals surface area contributed by atoms with Gasteiger partial charge in [-0.3, -0.25) is 0 Å². The largest absolute Gasteiger partial charge is 0.489 e. The highest BCUT2D eigenvalue weighted by molar-refractivity contribution is 5.63. The van der Waals surface area contributed by atoms with Crippen molar-refractivity contribution in [3.05, 3.63) is 23.8 Å². The highest BCUT2D eigenvalue weighted by Crippen LogP contribution is 2.33. The van der Waals surface area contributed by atoms with Crippen LogP contribution in [-0.2, 0) is 15.9 Å². The maximum Gasteiger partial charge on any atom is 0.142 e. The Kier molecular flexibility index (Phi) is 5.48. The van der Waals surface area contributed by atoms with Gasteiger partial charge in [-0.1, -0.05) is 12.1 Å². The summed E-state index contributed by atoms with van der Waals surface area (Å²) in [5.41, 5.74) is 2.49. The topological polar surface area (TPSA) is 39.7 Å². The van der Waals surface area contributed by atoms with Gasteiger partial charge in [0, 0.05) is 13.2 Å². The molecule has 106 valence electrons. The molecule has 0 spiro atoms. The van der Waals surface area contributed by atoms with E-state index in [0.29, 0.717) is 32.5 Å². The monoisotopic (exact) mass is 265 g/mol. The summed E-state index contributed by atoms with van der Waals surface area (Å²) in [4.78, 5) is 0. The van der Waals surface area contributed by atoms with Crippen molar-refractivity contribution in [2.75, 3.05) is 38.9 Å². The maximum absolute atomic E-state index is 5.80. The first kappa shape index (κ1) is 14.2. The van der Waals surface area contributed by atoms with Crippen LogP contribution in [0.25, 0.3) is 0 Å². The number of ether oxygens (including phenoxy) is 3. The number of benzene rings is 1. The molecule has 1 aliphatic rings. The van der Waals surface area contributed by atoms with E-state index in [0.717, 1.165) is 17.9 Å². The van der Waals surface area contributed by atoms with Crippen LogP contribution in [0, 0.1) is 0 Å². The second-order valence-corrected chi connectivity index (χ2v) is 4.83. The minimum atomic E-state index is 0.509. The zero-order chi connectivity index (χ0) is 13.5. The molecule has 0 aromatic heterocycles. The van der Waals surface area contributed by atoms with Crippen molar-refractivity contribution < 1.29 is 14.2 Å². The van der Waals surface area contributed by atoms with E-state index in [1.54, 1.807) is 7.11 Å². The molecule has 2 rings (SSSR count). The first-order valence-corrected chi connectivity index (χ1v) is 6.89. The Balaban J connectivity index is 1.83. The Hall–Kier alpha value is -1.26. The fourth-order valence-corrected chi connectivity index (χ4v) is 2.21. The van der Waals surface area contributed by atoms with Crippen LogP contribution in [0.5, 0.6) is 5.75 Å². The number of para-hydroxylation sites is 1. The second kappa shape index (κ2) is 7.36. The molecule has 19 heavy (non-hydrogen) atoms. The molecule has 1 aromatic carbocycles. The van der Waals surface area contributed by atoms with Crippen molar-refractivity contribution in [2.24, 2.45) is 0 Å². The fourth-order valence-electron chi connectivity index (χ4n) is 2.21. The minimum Gasteiger partial charge on any atom is -0.489 e. The van der Waals surface area contributed by atoms with Crippen LogP contribution < -0.4 is 10.1 Å². The zero-order valence-electron chi connectivity index (χ0n) is 11.8. The van der Waals surface area contributed by atoms with E-state index in [-0.39, 0.29) is 0 Å². The molecule has 0 bridgehead atoms. The van der Waals surface area contributed by atoms with E-state index < -0.39 is 0 Å². The molecule has 1 aliphatic heterocycles. The first-order chi connectivity index (χ1) is 9.31. The molecule has 0 radical (unpaired) electrons. The van der Waals surface area contributed by atoms with E-state index in [1.165, 1.54) is 12.0 Å². The van der Waals surface area contributed by atoms with Crippen LogP contribution in [0.4, 0.5) is 5.69 Å². The molecule has 0 amide bonds. The van der Waals surface area contributed by atoms with Gasteiger partial charge >= 0.3 is 0 Å². The zero-order valence-corrected chi connectivity index (χ0v) is 11.8. The molecule has 4 heteroatoms. The minimum absolute atomic E-state index is 0.509. The molecule has 1 heterocycles. The number of hydrogen-bond acceptors (Lipinski definition) is 4. The molecule has 1 atom stereocenters. The van der Waals surface area contributed by atoms with Crippen LogP contribution in [0.1, 0.15) is 18.9 Å². The summed E-state index contributed by atoms with van der Waals surface area (Å²) in [6.45, 7) is 4.59. The SMILES string of the molecule is COCCOCCOc1cccc2c1NC(C)CC2. The second-order valence-electron chi connectivity index (χ2n) is 4.83. The van der Waals surface area contributed by atoms with Gasteiger partial charge in [-0.2, -0.15) is 0 Å². The number of methoxy groups -OCH3 is 1. The summed E-state index contributed by atoms with van der Waals surface area (Å²) in [6, 6.07) is 6.74. The number of nitrogens with one attached hydrogen (secondary N) is 1. The first-order valence-electron chi connectivity index (χ1n) is 6.89. The Bertz CT molecular complexity index is 395. The van der Waals surface area contributed by atoms with E-state index in [2.05, 4.69) is 24.4 Å². The van der Waals surface area contributed by atoms with Crippen molar-refractivity contribution in [1.29, 1.82) is 0 Å². The molecule has 0 fully saturated rings. The van der Waals surface area contributed by atoms with Gasteiger partial charge in [-0.15, -0.1) is 0 Å². The van der Waals surface area contributed by atoms with Gasteiger partial charge in [0.05, 0.1) is 25.5 Å². The van der Waals surface area contributed by atoms with Crippen LogP contribution in [-0.4, -0.2) is 39.6 Å². The third kappa shape index (κ3) is 4.11. The van der Waals surface area contributed by atoms with Crippen LogP contribution in [0.3, 0.4) is 0 Å². The molecule has 0 aliphatic carbocycles. The van der Waals surface area contributed by atoms with Crippen molar-refractivity contribution in [3.8, 4) is 5.75 Å². The molecule has 4 nitrogen and oxygen atoms in total. The average molecular weight is 265 g/mol. The number of aryl methyl sites for hydroxylation is 1. The van der Waals surface area contributed by atoms with Gasteiger partial charge in [0.2, 0.25) is 0 Å². The number of anilines is 1. The lowest BCUT2D eigenvalue weighted by Gasteiger charge is -2.26. The summed E-state index contributed by atoms with van der Waals surface area (Å²) in [5.74, 6) is 0.930.